The van der Waals surface area contributed by atoms with E-state index in [0.717, 1.165) is 25.7 Å². The molecule has 0 spiro atoms. The minimum absolute atomic E-state index is 0.0136. The van der Waals surface area contributed by atoms with Gasteiger partial charge in [-0.3, -0.25) is 4.79 Å². The van der Waals surface area contributed by atoms with Crippen LogP contribution in [0.2, 0.25) is 0 Å². The third-order valence-electron chi connectivity index (χ3n) is 3.81. The van der Waals surface area contributed by atoms with Gasteiger partial charge in [0.1, 0.15) is 0 Å². The number of esters is 1. The van der Waals surface area contributed by atoms with Gasteiger partial charge in [-0.05, 0) is 25.2 Å². The number of hydrogen-bond donors (Lipinski definition) is 0. The molecule has 0 heterocycles. The van der Waals surface area contributed by atoms with Crippen LogP contribution >= 0.6 is 0 Å². The lowest BCUT2D eigenvalue weighted by Gasteiger charge is -2.45. The fraction of sp³-hybridized carbons (Fsp3) is 0.923. The lowest BCUT2D eigenvalue weighted by Crippen LogP contribution is -2.45. The minimum Gasteiger partial charge on any atom is -0.466 e. The molecule has 0 atom stereocenters. The van der Waals surface area contributed by atoms with Gasteiger partial charge in [-0.1, -0.05) is 40.0 Å². The Kier molecular flexibility index (Phi) is 3.80. The van der Waals surface area contributed by atoms with Crippen molar-refractivity contribution in [1.29, 1.82) is 0 Å². The van der Waals surface area contributed by atoms with Crippen LogP contribution < -0.4 is 0 Å². The summed E-state index contributed by atoms with van der Waals surface area (Å²) in [5.41, 5.74) is -0.221. The normalized spacial score (nSPS) is 21.1. The first-order chi connectivity index (χ1) is 6.94. The summed E-state index contributed by atoms with van der Waals surface area (Å²) in [6.45, 7) is 8.87. The van der Waals surface area contributed by atoms with E-state index in [1.807, 2.05) is 6.92 Å². The van der Waals surface area contributed by atoms with Gasteiger partial charge in [-0.25, -0.2) is 0 Å². The molecule has 1 fully saturated rings. The highest BCUT2D eigenvalue weighted by molar-refractivity contribution is 5.78. The van der Waals surface area contributed by atoms with Gasteiger partial charge in [0.2, 0.25) is 0 Å². The maximum atomic E-state index is 12.1. The maximum Gasteiger partial charge on any atom is 0.312 e. The van der Waals surface area contributed by atoms with E-state index in [-0.39, 0.29) is 16.8 Å². The van der Waals surface area contributed by atoms with E-state index in [2.05, 4.69) is 20.8 Å². The predicted octanol–water partition coefficient (Wildman–Crippen LogP) is 3.55. The largest absolute Gasteiger partial charge is 0.466 e. The third kappa shape index (κ3) is 2.35. The smallest absolute Gasteiger partial charge is 0.312 e. The molecule has 1 aliphatic carbocycles. The Morgan fingerprint density at radius 3 is 2.13 bits per heavy atom. The fourth-order valence-corrected chi connectivity index (χ4v) is 2.68. The summed E-state index contributed by atoms with van der Waals surface area (Å²) in [6, 6.07) is 0. The van der Waals surface area contributed by atoms with Crippen LogP contribution in [-0.2, 0) is 9.53 Å². The highest BCUT2D eigenvalue weighted by atomic mass is 16.5. The first-order valence-electron chi connectivity index (χ1n) is 6.11. The second-order valence-corrected chi connectivity index (χ2v) is 5.61. The summed E-state index contributed by atoms with van der Waals surface area (Å²) < 4.78 is 5.27. The average molecular weight is 212 g/mol. The number of hydrogen-bond acceptors (Lipinski definition) is 2. The molecular weight excluding hydrogens is 188 g/mol. The molecule has 0 aliphatic heterocycles. The monoisotopic (exact) mass is 212 g/mol. The lowest BCUT2D eigenvalue weighted by molar-refractivity contribution is -0.166. The third-order valence-corrected chi connectivity index (χ3v) is 3.81. The summed E-state index contributed by atoms with van der Waals surface area (Å²) in [7, 11) is 0. The van der Waals surface area contributed by atoms with Crippen molar-refractivity contribution in [1.82, 2.24) is 0 Å². The van der Waals surface area contributed by atoms with Crippen molar-refractivity contribution in [3.05, 3.63) is 0 Å². The maximum absolute atomic E-state index is 12.1. The van der Waals surface area contributed by atoms with Crippen LogP contribution in [0, 0.1) is 10.8 Å². The van der Waals surface area contributed by atoms with Crippen LogP contribution in [0.25, 0.3) is 0 Å². The van der Waals surface area contributed by atoms with Crippen LogP contribution in [0.1, 0.15) is 59.8 Å². The van der Waals surface area contributed by atoms with Gasteiger partial charge in [0, 0.05) is 0 Å². The van der Waals surface area contributed by atoms with E-state index in [4.69, 9.17) is 4.74 Å². The quantitative estimate of drug-likeness (QED) is 0.654. The molecular formula is C13H24O2. The van der Waals surface area contributed by atoms with Crippen LogP contribution in [0.4, 0.5) is 0 Å². The Balaban J connectivity index is 2.90. The standard InChI is InChI=1S/C13H24O2/c1-5-15-11(14)13(12(2,3)4)9-7-6-8-10-13/h5-10H2,1-4H3. The Morgan fingerprint density at radius 2 is 1.73 bits per heavy atom. The molecule has 0 aromatic heterocycles. The molecule has 0 aromatic carbocycles. The van der Waals surface area contributed by atoms with Gasteiger partial charge in [-0.15, -0.1) is 0 Å². The molecule has 15 heavy (non-hydrogen) atoms. The topological polar surface area (TPSA) is 26.3 Å². The first kappa shape index (κ1) is 12.5. The summed E-state index contributed by atoms with van der Waals surface area (Å²) >= 11 is 0. The Morgan fingerprint density at radius 1 is 1.20 bits per heavy atom. The van der Waals surface area contributed by atoms with Gasteiger partial charge in [0.05, 0.1) is 12.0 Å². The zero-order valence-corrected chi connectivity index (χ0v) is 10.6. The van der Waals surface area contributed by atoms with E-state index in [1.165, 1.54) is 6.42 Å². The zero-order valence-electron chi connectivity index (χ0n) is 10.6. The molecule has 2 heteroatoms. The molecule has 0 radical (unpaired) electrons. The lowest BCUT2D eigenvalue weighted by atomic mass is 9.59. The highest BCUT2D eigenvalue weighted by Gasteiger charge is 2.49. The molecule has 0 N–H and O–H groups in total. The van der Waals surface area contributed by atoms with Crippen molar-refractivity contribution < 1.29 is 9.53 Å². The molecule has 0 amide bonds. The van der Waals surface area contributed by atoms with Crippen LogP contribution in [-0.4, -0.2) is 12.6 Å². The van der Waals surface area contributed by atoms with Crippen LogP contribution in [0.3, 0.4) is 0 Å². The fourth-order valence-electron chi connectivity index (χ4n) is 2.68. The van der Waals surface area contributed by atoms with Gasteiger partial charge < -0.3 is 4.74 Å². The van der Waals surface area contributed by atoms with Crippen molar-refractivity contribution in [2.45, 2.75) is 59.8 Å². The van der Waals surface area contributed by atoms with Crippen molar-refractivity contribution in [2.75, 3.05) is 6.61 Å². The van der Waals surface area contributed by atoms with Crippen LogP contribution in [0.15, 0.2) is 0 Å². The predicted molar refractivity (Wildman–Crippen MR) is 61.6 cm³/mol. The van der Waals surface area contributed by atoms with Gasteiger partial charge in [0.15, 0.2) is 0 Å². The van der Waals surface area contributed by atoms with Crippen LogP contribution in [0.5, 0.6) is 0 Å². The van der Waals surface area contributed by atoms with E-state index in [0.29, 0.717) is 6.61 Å². The summed E-state index contributed by atoms with van der Waals surface area (Å²) in [6.07, 6.45) is 5.58. The molecule has 0 unspecified atom stereocenters. The van der Waals surface area contributed by atoms with Crippen molar-refractivity contribution in [3.63, 3.8) is 0 Å². The Hall–Kier alpha value is -0.530. The highest BCUT2D eigenvalue weighted by Crippen LogP contribution is 2.50. The molecule has 1 saturated carbocycles. The van der Waals surface area contributed by atoms with Crippen molar-refractivity contribution in [2.24, 2.45) is 10.8 Å². The molecule has 0 saturated heterocycles. The number of carbonyl (C=O) groups is 1. The second-order valence-electron chi connectivity index (χ2n) is 5.61. The van der Waals surface area contributed by atoms with E-state index in [9.17, 15) is 4.79 Å². The molecule has 88 valence electrons. The summed E-state index contributed by atoms with van der Waals surface area (Å²) in [4.78, 5) is 12.1. The van der Waals surface area contributed by atoms with E-state index < -0.39 is 0 Å². The Labute approximate surface area is 93.4 Å². The molecule has 0 bridgehead atoms. The van der Waals surface area contributed by atoms with E-state index >= 15 is 0 Å². The molecule has 0 aromatic rings. The number of ether oxygens (including phenoxy) is 1. The number of carbonyl (C=O) groups excluding carboxylic acids is 1. The SMILES string of the molecule is CCOC(=O)C1(C(C)(C)C)CCCCC1. The minimum atomic E-state index is -0.235. The first-order valence-corrected chi connectivity index (χ1v) is 6.11. The van der Waals surface area contributed by atoms with Crippen molar-refractivity contribution >= 4 is 5.97 Å². The molecule has 1 rings (SSSR count). The zero-order chi connectivity index (χ0) is 11.5. The average Bonchev–Trinajstić information content (AvgIpc) is 2.17. The number of rotatable bonds is 2. The molecule has 1 aliphatic rings. The summed E-state index contributed by atoms with van der Waals surface area (Å²) in [5.74, 6) is 0.0252. The van der Waals surface area contributed by atoms with E-state index in [1.54, 1.807) is 0 Å². The van der Waals surface area contributed by atoms with Gasteiger partial charge >= 0.3 is 5.97 Å². The van der Waals surface area contributed by atoms with Gasteiger partial charge in [0.25, 0.3) is 0 Å². The molecule has 2 nitrogen and oxygen atoms in total. The second kappa shape index (κ2) is 4.54. The van der Waals surface area contributed by atoms with Crippen molar-refractivity contribution in [3.8, 4) is 0 Å². The summed E-state index contributed by atoms with van der Waals surface area (Å²) in [5, 5.41) is 0. The Bertz CT molecular complexity index is 219. The van der Waals surface area contributed by atoms with Gasteiger partial charge in [-0.2, -0.15) is 0 Å².